The van der Waals surface area contributed by atoms with Crippen molar-refractivity contribution in [3.8, 4) is 0 Å². The van der Waals surface area contributed by atoms with Gasteiger partial charge in [0.2, 0.25) is 5.91 Å². The van der Waals surface area contributed by atoms with Crippen LogP contribution in [-0.4, -0.2) is 23.7 Å². The van der Waals surface area contributed by atoms with Gasteiger partial charge in [0.1, 0.15) is 0 Å². The zero-order valence-corrected chi connectivity index (χ0v) is 10.7. The molecule has 4 unspecified atom stereocenters. The molecule has 3 heteroatoms. The summed E-state index contributed by atoms with van der Waals surface area (Å²) in [5.74, 6) is 0.901. The van der Waals surface area contributed by atoms with E-state index in [0.29, 0.717) is 12.5 Å². The molecule has 0 spiro atoms. The van der Waals surface area contributed by atoms with Crippen LogP contribution in [0.3, 0.4) is 0 Å². The highest BCUT2D eigenvalue weighted by Gasteiger charge is 2.26. The van der Waals surface area contributed by atoms with E-state index in [4.69, 9.17) is 0 Å². The van der Waals surface area contributed by atoms with Crippen molar-refractivity contribution in [1.29, 1.82) is 0 Å². The van der Waals surface area contributed by atoms with Crippen molar-refractivity contribution in [2.24, 2.45) is 17.8 Å². The molecule has 94 valence electrons. The molecule has 0 heterocycles. The zero-order valence-electron chi connectivity index (χ0n) is 10.7. The molecule has 3 nitrogen and oxygen atoms in total. The van der Waals surface area contributed by atoms with Crippen LogP contribution in [0, 0.1) is 17.8 Å². The summed E-state index contributed by atoms with van der Waals surface area (Å²) in [5.41, 5.74) is 0. The molecule has 0 bridgehead atoms. The van der Waals surface area contributed by atoms with E-state index in [1.54, 1.807) is 0 Å². The quantitative estimate of drug-likeness (QED) is 0.754. The van der Waals surface area contributed by atoms with Crippen LogP contribution in [0.15, 0.2) is 0 Å². The molecule has 0 aliphatic heterocycles. The van der Waals surface area contributed by atoms with Gasteiger partial charge in [-0.25, -0.2) is 0 Å². The lowest BCUT2D eigenvalue weighted by atomic mass is 9.92. The number of hydrogen-bond acceptors (Lipinski definition) is 2. The summed E-state index contributed by atoms with van der Waals surface area (Å²) < 4.78 is 0. The number of amides is 1. The second-order valence-electron chi connectivity index (χ2n) is 5.18. The Hall–Kier alpha value is -0.570. The molecule has 0 radical (unpaired) electrons. The third-order valence-electron chi connectivity index (χ3n) is 4.07. The van der Waals surface area contributed by atoms with E-state index < -0.39 is 0 Å². The van der Waals surface area contributed by atoms with E-state index in [2.05, 4.69) is 19.2 Å². The number of carbonyl (C=O) groups excluding carboxylic acids is 1. The SMILES string of the molecule is CCC(C)C(C)C(=O)NCC1CCCC1O. The normalized spacial score (nSPS) is 28.8. The van der Waals surface area contributed by atoms with E-state index in [1.807, 2.05) is 6.92 Å². The van der Waals surface area contributed by atoms with Gasteiger partial charge < -0.3 is 10.4 Å². The maximum Gasteiger partial charge on any atom is 0.223 e. The maximum atomic E-state index is 11.8. The van der Waals surface area contributed by atoms with Crippen LogP contribution in [0.5, 0.6) is 0 Å². The average molecular weight is 227 g/mol. The molecule has 0 aromatic heterocycles. The predicted molar refractivity (Wildman–Crippen MR) is 65.0 cm³/mol. The van der Waals surface area contributed by atoms with Crippen molar-refractivity contribution in [3.63, 3.8) is 0 Å². The number of aliphatic hydroxyl groups is 1. The van der Waals surface area contributed by atoms with Crippen molar-refractivity contribution in [2.75, 3.05) is 6.54 Å². The summed E-state index contributed by atoms with van der Waals surface area (Å²) in [6.07, 6.45) is 3.84. The molecular formula is C13H25NO2. The fourth-order valence-electron chi connectivity index (χ4n) is 2.26. The lowest BCUT2D eigenvalue weighted by molar-refractivity contribution is -0.126. The predicted octanol–water partition coefficient (Wildman–Crippen LogP) is 1.95. The minimum absolute atomic E-state index is 0.0727. The van der Waals surface area contributed by atoms with Gasteiger partial charge in [-0.1, -0.05) is 33.6 Å². The van der Waals surface area contributed by atoms with E-state index in [9.17, 15) is 9.90 Å². The largest absolute Gasteiger partial charge is 0.393 e. The molecule has 16 heavy (non-hydrogen) atoms. The molecule has 1 fully saturated rings. The molecule has 2 N–H and O–H groups in total. The highest BCUT2D eigenvalue weighted by Crippen LogP contribution is 2.24. The molecule has 4 atom stereocenters. The average Bonchev–Trinajstić information content (AvgIpc) is 2.69. The summed E-state index contributed by atoms with van der Waals surface area (Å²) in [6.45, 7) is 6.83. The highest BCUT2D eigenvalue weighted by atomic mass is 16.3. The Labute approximate surface area is 98.6 Å². The van der Waals surface area contributed by atoms with Gasteiger partial charge in [-0.05, 0) is 18.8 Å². The van der Waals surface area contributed by atoms with Gasteiger partial charge in [0, 0.05) is 18.4 Å². The van der Waals surface area contributed by atoms with Gasteiger partial charge in [-0.3, -0.25) is 4.79 Å². The van der Waals surface area contributed by atoms with E-state index in [-0.39, 0.29) is 23.8 Å². The molecule has 1 amide bonds. The molecule has 0 aromatic rings. The monoisotopic (exact) mass is 227 g/mol. The minimum atomic E-state index is -0.209. The number of nitrogens with one attached hydrogen (secondary N) is 1. The molecule has 1 aliphatic carbocycles. The summed E-state index contributed by atoms with van der Waals surface area (Å²) in [6, 6.07) is 0. The van der Waals surface area contributed by atoms with Crippen LogP contribution in [0.4, 0.5) is 0 Å². The van der Waals surface area contributed by atoms with Crippen molar-refractivity contribution in [3.05, 3.63) is 0 Å². The van der Waals surface area contributed by atoms with Crippen LogP contribution in [0.2, 0.25) is 0 Å². The zero-order chi connectivity index (χ0) is 12.1. The standard InChI is InChI=1S/C13H25NO2/c1-4-9(2)10(3)13(16)14-8-11-6-5-7-12(11)15/h9-12,15H,4-8H2,1-3H3,(H,14,16). The number of hydrogen-bond donors (Lipinski definition) is 2. The van der Waals surface area contributed by atoms with Crippen LogP contribution < -0.4 is 5.32 Å². The first-order valence-corrected chi connectivity index (χ1v) is 6.52. The van der Waals surface area contributed by atoms with Crippen LogP contribution in [0.1, 0.15) is 46.5 Å². The molecule has 1 rings (SSSR count). The second kappa shape index (κ2) is 6.24. The Morgan fingerprint density at radius 1 is 1.44 bits per heavy atom. The summed E-state index contributed by atoms with van der Waals surface area (Å²) >= 11 is 0. The first-order valence-electron chi connectivity index (χ1n) is 6.52. The van der Waals surface area contributed by atoms with Gasteiger partial charge in [0.25, 0.3) is 0 Å². The Bertz CT molecular complexity index is 230. The second-order valence-corrected chi connectivity index (χ2v) is 5.18. The first-order chi connectivity index (χ1) is 7.56. The summed E-state index contributed by atoms with van der Waals surface area (Å²) in [7, 11) is 0. The number of aliphatic hydroxyl groups excluding tert-OH is 1. The topological polar surface area (TPSA) is 49.3 Å². The number of carbonyl (C=O) groups is 1. The third kappa shape index (κ3) is 3.48. The van der Waals surface area contributed by atoms with Gasteiger partial charge in [-0.15, -0.1) is 0 Å². The lowest BCUT2D eigenvalue weighted by Gasteiger charge is -2.20. The fourth-order valence-corrected chi connectivity index (χ4v) is 2.26. The maximum absolute atomic E-state index is 11.8. The first kappa shape index (κ1) is 13.5. The smallest absolute Gasteiger partial charge is 0.223 e. The summed E-state index contributed by atoms with van der Waals surface area (Å²) in [4.78, 5) is 11.8. The van der Waals surface area contributed by atoms with E-state index >= 15 is 0 Å². The number of rotatable bonds is 5. The van der Waals surface area contributed by atoms with Gasteiger partial charge in [-0.2, -0.15) is 0 Å². The Kier molecular flexibility index (Phi) is 5.26. The highest BCUT2D eigenvalue weighted by molar-refractivity contribution is 5.78. The molecule has 1 saturated carbocycles. The Balaban J connectivity index is 2.29. The molecule has 0 aromatic carbocycles. The van der Waals surface area contributed by atoms with Crippen LogP contribution in [-0.2, 0) is 4.79 Å². The van der Waals surface area contributed by atoms with Crippen molar-refractivity contribution < 1.29 is 9.90 Å². The Morgan fingerprint density at radius 3 is 2.62 bits per heavy atom. The van der Waals surface area contributed by atoms with Crippen molar-refractivity contribution in [2.45, 2.75) is 52.6 Å². The minimum Gasteiger partial charge on any atom is -0.393 e. The van der Waals surface area contributed by atoms with E-state index in [1.165, 1.54) is 0 Å². The van der Waals surface area contributed by atoms with Crippen LogP contribution in [0.25, 0.3) is 0 Å². The lowest BCUT2D eigenvalue weighted by Crippen LogP contribution is -2.37. The third-order valence-corrected chi connectivity index (χ3v) is 4.07. The van der Waals surface area contributed by atoms with Gasteiger partial charge in [0.15, 0.2) is 0 Å². The molecule has 0 saturated heterocycles. The fraction of sp³-hybridized carbons (Fsp3) is 0.923. The molecular weight excluding hydrogens is 202 g/mol. The van der Waals surface area contributed by atoms with Crippen molar-refractivity contribution in [1.82, 2.24) is 5.32 Å². The molecule has 1 aliphatic rings. The van der Waals surface area contributed by atoms with Crippen molar-refractivity contribution >= 4 is 5.91 Å². The van der Waals surface area contributed by atoms with Gasteiger partial charge in [0.05, 0.1) is 6.10 Å². The van der Waals surface area contributed by atoms with Gasteiger partial charge >= 0.3 is 0 Å². The Morgan fingerprint density at radius 2 is 2.12 bits per heavy atom. The van der Waals surface area contributed by atoms with E-state index in [0.717, 1.165) is 25.7 Å². The van der Waals surface area contributed by atoms with Crippen LogP contribution >= 0.6 is 0 Å². The summed E-state index contributed by atoms with van der Waals surface area (Å²) in [5, 5.41) is 12.6.